The molecule has 1 heterocycles. The third-order valence-corrected chi connectivity index (χ3v) is 5.66. The summed E-state index contributed by atoms with van der Waals surface area (Å²) in [6, 6.07) is 0.113. The van der Waals surface area contributed by atoms with E-state index < -0.39 is 40.7 Å². The molecule has 0 aromatic rings. The van der Waals surface area contributed by atoms with Crippen molar-refractivity contribution in [3.8, 4) is 6.07 Å². The second-order valence-corrected chi connectivity index (χ2v) is 7.30. The number of halogens is 4. The van der Waals surface area contributed by atoms with Crippen LogP contribution in [0.4, 0.5) is 17.6 Å². The highest BCUT2D eigenvalue weighted by molar-refractivity contribution is 7.83. The van der Waals surface area contributed by atoms with Crippen molar-refractivity contribution in [2.45, 2.75) is 55.9 Å². The lowest BCUT2D eigenvalue weighted by molar-refractivity contribution is -0.166. The highest BCUT2D eigenvalue weighted by atomic mass is 32.2. The van der Waals surface area contributed by atoms with Gasteiger partial charge in [0.1, 0.15) is 23.2 Å². The molecule has 0 radical (unpaired) electrons. The van der Waals surface area contributed by atoms with Crippen LogP contribution in [-0.2, 0) is 11.0 Å². The first-order valence-electron chi connectivity index (χ1n) is 7.31. The zero-order chi connectivity index (χ0) is 16.3. The fraction of sp³-hybridized carbons (Fsp3) is 0.923. The second-order valence-electron chi connectivity index (χ2n) is 5.91. The summed E-state index contributed by atoms with van der Waals surface area (Å²) < 4.78 is 67.1. The van der Waals surface area contributed by atoms with Crippen molar-refractivity contribution < 1.29 is 21.8 Å². The Morgan fingerprint density at radius 3 is 2.41 bits per heavy atom. The fourth-order valence-corrected chi connectivity index (χ4v) is 4.40. The minimum atomic E-state index is -4.53. The molecule has 0 spiro atoms. The molecule has 9 heteroatoms. The lowest BCUT2D eigenvalue weighted by Gasteiger charge is -2.33. The van der Waals surface area contributed by atoms with Crippen LogP contribution in [0.5, 0.6) is 0 Å². The number of nitriles is 1. The second kappa shape index (κ2) is 7.23. The van der Waals surface area contributed by atoms with E-state index in [1.807, 2.05) is 6.07 Å². The van der Waals surface area contributed by atoms with E-state index in [9.17, 15) is 21.8 Å². The van der Waals surface area contributed by atoms with Gasteiger partial charge in [-0.3, -0.25) is 0 Å². The number of rotatable bonds is 4. The molecule has 1 aliphatic heterocycles. The van der Waals surface area contributed by atoms with Gasteiger partial charge in [0.15, 0.2) is 0 Å². The molecule has 1 saturated heterocycles. The molecule has 22 heavy (non-hydrogen) atoms. The average Bonchev–Trinajstić information content (AvgIpc) is 2.93. The Balaban J connectivity index is 1.98. The maximum Gasteiger partial charge on any atom is 0.405 e. The topological polar surface area (TPSA) is 64.9 Å². The number of nitrogens with zero attached hydrogens (tertiary/aromatic N) is 1. The van der Waals surface area contributed by atoms with Crippen molar-refractivity contribution >= 4 is 11.0 Å². The largest absolute Gasteiger partial charge is 0.405 e. The average molecular weight is 341 g/mol. The van der Waals surface area contributed by atoms with Gasteiger partial charge in [-0.1, -0.05) is 0 Å². The predicted molar refractivity (Wildman–Crippen MR) is 73.5 cm³/mol. The van der Waals surface area contributed by atoms with Gasteiger partial charge in [0.2, 0.25) is 0 Å². The van der Waals surface area contributed by atoms with Crippen molar-refractivity contribution in [3.63, 3.8) is 0 Å². The van der Waals surface area contributed by atoms with Gasteiger partial charge < -0.3 is 5.32 Å². The van der Waals surface area contributed by atoms with Crippen LogP contribution in [0.15, 0.2) is 0 Å². The molecule has 0 aromatic heterocycles. The van der Waals surface area contributed by atoms with E-state index in [0.29, 0.717) is 6.54 Å². The summed E-state index contributed by atoms with van der Waals surface area (Å²) in [5.74, 6) is -1.09. The number of nitrogens with one attached hydrogen (secondary N) is 2. The van der Waals surface area contributed by atoms with E-state index >= 15 is 0 Å². The molecule has 1 saturated carbocycles. The Hall–Kier alpha value is -0.720. The third kappa shape index (κ3) is 4.40. The van der Waals surface area contributed by atoms with Crippen molar-refractivity contribution in [1.29, 1.82) is 5.26 Å². The minimum Gasteiger partial charge on any atom is -0.301 e. The van der Waals surface area contributed by atoms with E-state index in [1.165, 1.54) is 0 Å². The summed E-state index contributed by atoms with van der Waals surface area (Å²) >= 11 is 0. The van der Waals surface area contributed by atoms with Gasteiger partial charge in [-0.25, -0.2) is 13.3 Å². The molecule has 0 bridgehead atoms. The van der Waals surface area contributed by atoms with Crippen molar-refractivity contribution in [3.05, 3.63) is 0 Å². The summed E-state index contributed by atoms with van der Waals surface area (Å²) in [5, 5.41) is 10.9. The van der Waals surface area contributed by atoms with E-state index in [-0.39, 0.29) is 38.0 Å². The zero-order valence-corrected chi connectivity index (χ0v) is 12.7. The molecule has 4 nitrogen and oxygen atoms in total. The van der Waals surface area contributed by atoms with Gasteiger partial charge in [-0.15, -0.1) is 0 Å². The number of hydrogen-bond donors (Lipinski definition) is 2. The highest BCUT2D eigenvalue weighted by Crippen LogP contribution is 2.36. The van der Waals surface area contributed by atoms with Gasteiger partial charge in [-0.2, -0.15) is 18.4 Å². The molecule has 0 aromatic carbocycles. The summed E-state index contributed by atoms with van der Waals surface area (Å²) in [4.78, 5) is 0. The van der Waals surface area contributed by atoms with E-state index in [0.717, 1.165) is 0 Å². The van der Waals surface area contributed by atoms with Gasteiger partial charge in [0.25, 0.3) is 0 Å². The van der Waals surface area contributed by atoms with Crippen LogP contribution in [-0.4, -0.2) is 34.5 Å². The Kier molecular flexibility index (Phi) is 5.80. The first kappa shape index (κ1) is 17.6. The van der Waals surface area contributed by atoms with Crippen LogP contribution in [0.1, 0.15) is 32.1 Å². The minimum absolute atomic E-state index is 0.115. The smallest absolute Gasteiger partial charge is 0.301 e. The summed E-state index contributed by atoms with van der Waals surface area (Å²) in [7, 11) is -1.93. The standard InChI is InChI=1S/C13H19F4N3OS/c14-10-3-1-9(2-4-10)12(13(15,16)17)20-22(21)11-5-8(6-18)7-19-11/h8-12,19-20H,1-5,7H2. The van der Waals surface area contributed by atoms with E-state index in [2.05, 4.69) is 10.0 Å². The van der Waals surface area contributed by atoms with E-state index in [1.54, 1.807) is 0 Å². The van der Waals surface area contributed by atoms with Crippen LogP contribution in [0.2, 0.25) is 0 Å². The molecule has 2 N–H and O–H groups in total. The predicted octanol–water partition coefficient (Wildman–Crippen LogP) is 2.16. The van der Waals surface area contributed by atoms with Crippen LogP contribution in [0.25, 0.3) is 0 Å². The zero-order valence-electron chi connectivity index (χ0n) is 11.9. The van der Waals surface area contributed by atoms with E-state index in [4.69, 9.17) is 5.26 Å². The van der Waals surface area contributed by atoms with Gasteiger partial charge in [-0.05, 0) is 38.0 Å². The number of alkyl halides is 4. The van der Waals surface area contributed by atoms with Crippen LogP contribution >= 0.6 is 0 Å². The highest BCUT2D eigenvalue weighted by Gasteiger charge is 2.47. The van der Waals surface area contributed by atoms with Crippen LogP contribution < -0.4 is 10.0 Å². The van der Waals surface area contributed by atoms with Gasteiger partial charge >= 0.3 is 6.18 Å². The molecular weight excluding hydrogens is 322 g/mol. The first-order valence-corrected chi connectivity index (χ1v) is 8.53. The molecule has 1 aliphatic carbocycles. The Labute approximate surface area is 129 Å². The molecular formula is C13H19F4N3OS. The molecule has 2 rings (SSSR count). The van der Waals surface area contributed by atoms with Crippen molar-refractivity contribution in [1.82, 2.24) is 10.0 Å². The number of hydrogen-bond acceptors (Lipinski definition) is 3. The Morgan fingerprint density at radius 1 is 1.27 bits per heavy atom. The maximum absolute atomic E-state index is 13.2. The monoisotopic (exact) mass is 341 g/mol. The Bertz CT molecular complexity index is 446. The normalized spacial score (nSPS) is 35.8. The molecule has 4 unspecified atom stereocenters. The summed E-state index contributed by atoms with van der Waals surface area (Å²) in [6.07, 6.45) is -4.81. The fourth-order valence-electron chi connectivity index (χ4n) is 3.01. The SMILES string of the molecule is N#CC1CNC(S(=O)NC(C2CCC(F)CC2)C(F)(F)F)C1. The Morgan fingerprint density at radius 2 is 1.91 bits per heavy atom. The maximum atomic E-state index is 13.2. The van der Waals surface area contributed by atoms with Crippen LogP contribution in [0, 0.1) is 23.2 Å². The molecule has 4 atom stereocenters. The van der Waals surface area contributed by atoms with Crippen molar-refractivity contribution in [2.24, 2.45) is 11.8 Å². The lowest BCUT2D eigenvalue weighted by Crippen LogP contribution is -2.52. The van der Waals surface area contributed by atoms with Gasteiger partial charge in [0, 0.05) is 6.54 Å². The lowest BCUT2D eigenvalue weighted by atomic mass is 9.83. The molecule has 0 amide bonds. The van der Waals surface area contributed by atoms with Gasteiger partial charge in [0.05, 0.1) is 17.4 Å². The van der Waals surface area contributed by atoms with Crippen LogP contribution in [0.3, 0.4) is 0 Å². The summed E-state index contributed by atoms with van der Waals surface area (Å²) in [5.41, 5.74) is 0. The summed E-state index contributed by atoms with van der Waals surface area (Å²) in [6.45, 7) is 0.332. The quantitative estimate of drug-likeness (QED) is 0.770. The van der Waals surface area contributed by atoms with Crippen molar-refractivity contribution in [2.75, 3.05) is 6.54 Å². The first-order chi connectivity index (χ1) is 10.3. The molecule has 2 fully saturated rings. The molecule has 126 valence electrons. The third-order valence-electron chi connectivity index (χ3n) is 4.30. The molecule has 2 aliphatic rings.